The number of carbonyl (C=O) groups excluding carboxylic acids is 1. The minimum atomic E-state index is -0.614. The smallest absolute Gasteiger partial charge is 0.256 e. The van der Waals surface area contributed by atoms with Crippen LogP contribution in [0, 0.1) is 11.7 Å². The van der Waals surface area contributed by atoms with Crippen LogP contribution in [0.1, 0.15) is 23.2 Å². The molecule has 3 rings (SSSR count). The zero-order chi connectivity index (χ0) is 13.4. The van der Waals surface area contributed by atoms with Crippen molar-refractivity contribution in [3.63, 3.8) is 0 Å². The van der Waals surface area contributed by atoms with E-state index in [1.54, 1.807) is 11.0 Å². The third-order valence-corrected chi connectivity index (χ3v) is 4.36. The van der Waals surface area contributed by atoms with E-state index in [0.717, 1.165) is 19.4 Å². The summed E-state index contributed by atoms with van der Waals surface area (Å²) in [5.74, 6) is -0.367. The standard InChI is InChI=1S/C14H16ClFN2O/c15-11-5-1-4-10(13(11)16)14(19)18-7-9-3-2-6-17-12(9)8-18/h1,4-5,9,12,17H,2-3,6-8H2. The van der Waals surface area contributed by atoms with Gasteiger partial charge >= 0.3 is 0 Å². The van der Waals surface area contributed by atoms with Gasteiger partial charge in [0.2, 0.25) is 0 Å². The fourth-order valence-corrected chi connectivity index (χ4v) is 3.23. The van der Waals surface area contributed by atoms with Crippen molar-refractivity contribution in [2.75, 3.05) is 19.6 Å². The van der Waals surface area contributed by atoms with Gasteiger partial charge in [-0.05, 0) is 37.4 Å². The Kier molecular flexibility index (Phi) is 3.46. The molecule has 0 bridgehead atoms. The van der Waals surface area contributed by atoms with Crippen molar-refractivity contribution in [1.82, 2.24) is 10.2 Å². The van der Waals surface area contributed by atoms with E-state index < -0.39 is 5.82 Å². The van der Waals surface area contributed by atoms with Crippen molar-refractivity contribution >= 4 is 17.5 Å². The summed E-state index contributed by atoms with van der Waals surface area (Å²) in [6, 6.07) is 4.93. The van der Waals surface area contributed by atoms with Crippen LogP contribution in [0.3, 0.4) is 0 Å². The number of rotatable bonds is 1. The van der Waals surface area contributed by atoms with Gasteiger partial charge in [0.25, 0.3) is 5.91 Å². The Labute approximate surface area is 116 Å². The molecule has 2 unspecified atom stereocenters. The first-order valence-corrected chi connectivity index (χ1v) is 7.01. The van der Waals surface area contributed by atoms with E-state index in [2.05, 4.69) is 5.32 Å². The highest BCUT2D eigenvalue weighted by Crippen LogP contribution is 2.27. The first-order chi connectivity index (χ1) is 9.16. The fraction of sp³-hybridized carbons (Fsp3) is 0.500. The lowest BCUT2D eigenvalue weighted by molar-refractivity contribution is 0.0781. The molecular formula is C14H16ClFN2O. The Morgan fingerprint density at radius 1 is 1.42 bits per heavy atom. The van der Waals surface area contributed by atoms with Gasteiger partial charge in [-0.2, -0.15) is 0 Å². The molecule has 1 aromatic rings. The van der Waals surface area contributed by atoms with Crippen LogP contribution < -0.4 is 5.32 Å². The molecule has 2 fully saturated rings. The van der Waals surface area contributed by atoms with Gasteiger partial charge in [0.15, 0.2) is 5.82 Å². The lowest BCUT2D eigenvalue weighted by atomic mass is 9.94. The van der Waals surface area contributed by atoms with E-state index in [4.69, 9.17) is 11.6 Å². The summed E-state index contributed by atoms with van der Waals surface area (Å²) in [5, 5.41) is 3.43. The summed E-state index contributed by atoms with van der Waals surface area (Å²) < 4.78 is 13.9. The summed E-state index contributed by atoms with van der Waals surface area (Å²) in [5.41, 5.74) is 0.0751. The van der Waals surface area contributed by atoms with Crippen molar-refractivity contribution in [3.8, 4) is 0 Å². The molecule has 2 atom stereocenters. The molecule has 0 aliphatic carbocycles. The summed E-state index contributed by atoms with van der Waals surface area (Å²) in [6.45, 7) is 2.38. The molecule has 2 aliphatic rings. The second-order valence-corrected chi connectivity index (χ2v) is 5.68. The topological polar surface area (TPSA) is 32.3 Å². The van der Waals surface area contributed by atoms with Gasteiger partial charge in [0, 0.05) is 19.1 Å². The van der Waals surface area contributed by atoms with Crippen LogP contribution in [-0.4, -0.2) is 36.5 Å². The first-order valence-electron chi connectivity index (χ1n) is 6.63. The molecule has 2 aliphatic heterocycles. The monoisotopic (exact) mass is 282 g/mol. The molecule has 0 saturated carbocycles. The molecule has 19 heavy (non-hydrogen) atoms. The third-order valence-electron chi connectivity index (χ3n) is 4.07. The van der Waals surface area contributed by atoms with Gasteiger partial charge in [0.1, 0.15) is 0 Å². The van der Waals surface area contributed by atoms with Gasteiger partial charge in [-0.25, -0.2) is 4.39 Å². The van der Waals surface area contributed by atoms with Crippen molar-refractivity contribution in [1.29, 1.82) is 0 Å². The van der Waals surface area contributed by atoms with Crippen LogP contribution in [0.15, 0.2) is 18.2 Å². The predicted octanol–water partition coefficient (Wildman–Crippen LogP) is 2.30. The summed E-state index contributed by atoms with van der Waals surface area (Å²) >= 11 is 5.73. The highest BCUT2D eigenvalue weighted by atomic mass is 35.5. The quantitative estimate of drug-likeness (QED) is 0.857. The molecule has 0 radical (unpaired) electrons. The molecule has 1 N–H and O–H groups in total. The molecule has 2 saturated heterocycles. The Morgan fingerprint density at radius 2 is 2.26 bits per heavy atom. The maximum atomic E-state index is 13.9. The molecule has 0 spiro atoms. The van der Waals surface area contributed by atoms with Crippen LogP contribution in [0.25, 0.3) is 0 Å². The number of fused-ring (bicyclic) bond motifs is 1. The van der Waals surface area contributed by atoms with E-state index in [1.165, 1.54) is 12.1 Å². The van der Waals surface area contributed by atoms with Gasteiger partial charge in [-0.3, -0.25) is 4.79 Å². The normalized spacial score (nSPS) is 26.3. The number of nitrogens with one attached hydrogen (secondary N) is 1. The van der Waals surface area contributed by atoms with E-state index in [9.17, 15) is 9.18 Å². The van der Waals surface area contributed by atoms with Crippen molar-refractivity contribution < 1.29 is 9.18 Å². The van der Waals surface area contributed by atoms with Crippen molar-refractivity contribution in [2.45, 2.75) is 18.9 Å². The molecule has 5 heteroatoms. The Bertz CT molecular complexity index is 494. The minimum absolute atomic E-state index is 0.000545. The zero-order valence-corrected chi connectivity index (χ0v) is 11.3. The van der Waals surface area contributed by atoms with E-state index in [1.807, 2.05) is 0 Å². The maximum Gasteiger partial charge on any atom is 0.256 e. The Hall–Kier alpha value is -1.13. The molecular weight excluding hydrogens is 267 g/mol. The number of hydrogen-bond acceptors (Lipinski definition) is 2. The summed E-state index contributed by atoms with van der Waals surface area (Å²) in [6.07, 6.45) is 2.29. The van der Waals surface area contributed by atoms with E-state index in [0.29, 0.717) is 25.0 Å². The molecule has 102 valence electrons. The molecule has 3 nitrogen and oxygen atoms in total. The van der Waals surface area contributed by atoms with Crippen molar-refractivity contribution in [3.05, 3.63) is 34.6 Å². The summed E-state index contributed by atoms with van der Waals surface area (Å²) in [4.78, 5) is 14.1. The second kappa shape index (κ2) is 5.10. The summed E-state index contributed by atoms with van der Waals surface area (Å²) in [7, 11) is 0. The number of nitrogens with zero attached hydrogens (tertiary/aromatic N) is 1. The number of benzene rings is 1. The first kappa shape index (κ1) is 12.9. The number of hydrogen-bond donors (Lipinski definition) is 1. The lowest BCUT2D eigenvalue weighted by Gasteiger charge is -2.24. The zero-order valence-electron chi connectivity index (χ0n) is 10.5. The Balaban J connectivity index is 1.79. The lowest BCUT2D eigenvalue weighted by Crippen LogP contribution is -2.41. The SMILES string of the molecule is O=C(c1cccc(Cl)c1F)N1CC2CCCNC2C1. The number of halogens is 2. The van der Waals surface area contributed by atoms with Crippen LogP contribution in [0.2, 0.25) is 5.02 Å². The highest BCUT2D eigenvalue weighted by Gasteiger charge is 2.37. The second-order valence-electron chi connectivity index (χ2n) is 5.27. The largest absolute Gasteiger partial charge is 0.337 e. The fourth-order valence-electron chi connectivity index (χ4n) is 3.05. The van der Waals surface area contributed by atoms with Gasteiger partial charge < -0.3 is 10.2 Å². The number of carbonyl (C=O) groups is 1. The van der Waals surface area contributed by atoms with Gasteiger partial charge in [-0.15, -0.1) is 0 Å². The van der Waals surface area contributed by atoms with E-state index >= 15 is 0 Å². The Morgan fingerprint density at radius 3 is 3.05 bits per heavy atom. The molecule has 1 aromatic carbocycles. The van der Waals surface area contributed by atoms with Crippen LogP contribution in [-0.2, 0) is 0 Å². The van der Waals surface area contributed by atoms with Crippen LogP contribution >= 0.6 is 11.6 Å². The number of likely N-dealkylation sites (tertiary alicyclic amines) is 1. The number of amides is 1. The van der Waals surface area contributed by atoms with Crippen LogP contribution in [0.5, 0.6) is 0 Å². The highest BCUT2D eigenvalue weighted by molar-refractivity contribution is 6.31. The third kappa shape index (κ3) is 2.35. The van der Waals surface area contributed by atoms with Gasteiger partial charge in [0.05, 0.1) is 10.6 Å². The number of piperidine rings is 1. The molecule has 2 heterocycles. The van der Waals surface area contributed by atoms with Crippen LogP contribution in [0.4, 0.5) is 4.39 Å². The molecule has 1 amide bonds. The predicted molar refractivity (Wildman–Crippen MR) is 71.8 cm³/mol. The van der Waals surface area contributed by atoms with Gasteiger partial charge in [-0.1, -0.05) is 17.7 Å². The molecule has 0 aromatic heterocycles. The van der Waals surface area contributed by atoms with E-state index in [-0.39, 0.29) is 16.5 Å². The average molecular weight is 283 g/mol. The van der Waals surface area contributed by atoms with Crippen molar-refractivity contribution in [2.24, 2.45) is 5.92 Å². The maximum absolute atomic E-state index is 13.9. The minimum Gasteiger partial charge on any atom is -0.337 e. The average Bonchev–Trinajstić information content (AvgIpc) is 2.85.